The van der Waals surface area contributed by atoms with E-state index in [1.807, 2.05) is 4.90 Å². The van der Waals surface area contributed by atoms with E-state index in [2.05, 4.69) is 10.6 Å². The lowest BCUT2D eigenvalue weighted by molar-refractivity contribution is -0.129. The Kier molecular flexibility index (Phi) is 4.77. The number of amides is 2. The van der Waals surface area contributed by atoms with Gasteiger partial charge in [0.05, 0.1) is 5.69 Å². The van der Waals surface area contributed by atoms with E-state index in [0.29, 0.717) is 0 Å². The van der Waals surface area contributed by atoms with Gasteiger partial charge in [0, 0.05) is 38.7 Å². The summed E-state index contributed by atoms with van der Waals surface area (Å²) in [5.41, 5.74) is 0.940. The summed E-state index contributed by atoms with van der Waals surface area (Å²) in [5, 5.41) is 5.79. The van der Waals surface area contributed by atoms with Gasteiger partial charge in [0.2, 0.25) is 11.8 Å². The molecule has 0 atom stereocenters. The van der Waals surface area contributed by atoms with Crippen LogP contribution in [-0.4, -0.2) is 35.8 Å². The van der Waals surface area contributed by atoms with E-state index in [9.17, 15) is 14.0 Å². The number of benzene rings is 1. The lowest BCUT2D eigenvalue weighted by Gasteiger charge is -2.32. The van der Waals surface area contributed by atoms with Crippen molar-refractivity contribution in [2.75, 3.05) is 23.7 Å². The monoisotopic (exact) mass is 293 g/mol. The van der Waals surface area contributed by atoms with Crippen LogP contribution in [0.1, 0.15) is 26.7 Å². The highest BCUT2D eigenvalue weighted by molar-refractivity contribution is 5.89. The van der Waals surface area contributed by atoms with Crippen molar-refractivity contribution in [1.29, 1.82) is 0 Å². The maximum Gasteiger partial charge on any atom is 0.221 e. The van der Waals surface area contributed by atoms with E-state index in [1.54, 1.807) is 19.1 Å². The summed E-state index contributed by atoms with van der Waals surface area (Å²) in [6.45, 7) is 4.38. The third-order valence-electron chi connectivity index (χ3n) is 3.59. The van der Waals surface area contributed by atoms with Crippen molar-refractivity contribution in [3.05, 3.63) is 24.0 Å². The van der Waals surface area contributed by atoms with Crippen LogP contribution < -0.4 is 10.6 Å². The molecule has 0 aromatic heterocycles. The molecule has 2 rings (SSSR count). The van der Waals surface area contributed by atoms with Crippen LogP contribution in [0, 0.1) is 5.82 Å². The molecule has 2 N–H and O–H groups in total. The number of halogens is 1. The quantitative estimate of drug-likeness (QED) is 0.898. The molecule has 0 aliphatic carbocycles. The Hall–Kier alpha value is -2.11. The zero-order valence-electron chi connectivity index (χ0n) is 12.3. The lowest BCUT2D eigenvalue weighted by Crippen LogP contribution is -2.41. The number of piperidine rings is 1. The van der Waals surface area contributed by atoms with Crippen molar-refractivity contribution in [2.24, 2.45) is 0 Å². The maximum atomic E-state index is 13.6. The molecule has 0 radical (unpaired) electrons. The third kappa shape index (κ3) is 4.18. The van der Waals surface area contributed by atoms with Crippen molar-refractivity contribution in [3.63, 3.8) is 0 Å². The number of carbonyl (C=O) groups is 2. The number of nitrogens with zero attached hydrogens (tertiary/aromatic N) is 1. The first-order valence-corrected chi connectivity index (χ1v) is 7.05. The minimum atomic E-state index is -0.456. The fourth-order valence-electron chi connectivity index (χ4n) is 2.47. The van der Waals surface area contributed by atoms with Gasteiger partial charge in [0.1, 0.15) is 5.82 Å². The zero-order valence-corrected chi connectivity index (χ0v) is 12.3. The van der Waals surface area contributed by atoms with E-state index in [0.717, 1.165) is 31.6 Å². The first kappa shape index (κ1) is 15.3. The van der Waals surface area contributed by atoms with E-state index in [-0.39, 0.29) is 23.5 Å². The molecule has 1 aliphatic rings. The molecule has 1 aromatic carbocycles. The van der Waals surface area contributed by atoms with Crippen LogP contribution in [0.15, 0.2) is 18.2 Å². The van der Waals surface area contributed by atoms with Crippen molar-refractivity contribution in [2.45, 2.75) is 32.7 Å². The summed E-state index contributed by atoms with van der Waals surface area (Å²) >= 11 is 0. The summed E-state index contributed by atoms with van der Waals surface area (Å²) in [7, 11) is 0. The maximum absolute atomic E-state index is 13.6. The molecule has 1 heterocycles. The number of hydrogen-bond acceptors (Lipinski definition) is 3. The van der Waals surface area contributed by atoms with Gasteiger partial charge in [-0.25, -0.2) is 4.39 Å². The number of likely N-dealkylation sites (tertiary alicyclic amines) is 1. The van der Waals surface area contributed by atoms with Gasteiger partial charge in [-0.3, -0.25) is 9.59 Å². The van der Waals surface area contributed by atoms with Gasteiger partial charge in [-0.15, -0.1) is 0 Å². The summed E-state index contributed by atoms with van der Waals surface area (Å²) in [6.07, 6.45) is 1.71. The van der Waals surface area contributed by atoms with Crippen LogP contribution in [-0.2, 0) is 9.59 Å². The minimum absolute atomic E-state index is 0.100. The Morgan fingerprint density at radius 3 is 2.48 bits per heavy atom. The van der Waals surface area contributed by atoms with Gasteiger partial charge in [-0.1, -0.05) is 0 Å². The van der Waals surface area contributed by atoms with Crippen molar-refractivity contribution < 1.29 is 14.0 Å². The topological polar surface area (TPSA) is 61.4 Å². The van der Waals surface area contributed by atoms with Gasteiger partial charge in [0.25, 0.3) is 0 Å². The highest BCUT2D eigenvalue weighted by Gasteiger charge is 2.20. The zero-order chi connectivity index (χ0) is 15.4. The summed E-state index contributed by atoms with van der Waals surface area (Å²) < 4.78 is 13.6. The molecular formula is C15H20FN3O2. The van der Waals surface area contributed by atoms with Crippen LogP contribution in [0.3, 0.4) is 0 Å². The molecule has 0 unspecified atom stereocenters. The first-order valence-electron chi connectivity index (χ1n) is 7.05. The standard InChI is InChI=1S/C15H20FN3O2/c1-10(20)17-15-9-13(3-4-14(15)16)18-12-5-7-19(8-6-12)11(2)21/h3-4,9,12,18H,5-8H2,1-2H3,(H,17,20). The van der Waals surface area contributed by atoms with Crippen molar-refractivity contribution in [1.82, 2.24) is 4.90 Å². The molecular weight excluding hydrogens is 273 g/mol. The Bertz CT molecular complexity index is 540. The predicted molar refractivity (Wildman–Crippen MR) is 79.6 cm³/mol. The van der Waals surface area contributed by atoms with Crippen LogP contribution >= 0.6 is 0 Å². The van der Waals surface area contributed by atoms with Crippen LogP contribution in [0.25, 0.3) is 0 Å². The summed E-state index contributed by atoms with van der Waals surface area (Å²) in [6, 6.07) is 4.82. The number of hydrogen-bond donors (Lipinski definition) is 2. The predicted octanol–water partition coefficient (Wildman–Crippen LogP) is 2.21. The molecule has 0 spiro atoms. The SMILES string of the molecule is CC(=O)Nc1cc(NC2CCN(C(C)=O)CC2)ccc1F. The molecule has 1 fully saturated rings. The second kappa shape index (κ2) is 6.56. The first-order chi connectivity index (χ1) is 9.95. The minimum Gasteiger partial charge on any atom is -0.382 e. The van der Waals surface area contributed by atoms with Gasteiger partial charge >= 0.3 is 0 Å². The second-order valence-electron chi connectivity index (χ2n) is 5.30. The van der Waals surface area contributed by atoms with Crippen molar-refractivity contribution in [3.8, 4) is 0 Å². The van der Waals surface area contributed by atoms with Crippen LogP contribution in [0.2, 0.25) is 0 Å². The molecule has 5 nitrogen and oxygen atoms in total. The van der Waals surface area contributed by atoms with Crippen molar-refractivity contribution >= 4 is 23.2 Å². The van der Waals surface area contributed by atoms with Crippen LogP contribution in [0.4, 0.5) is 15.8 Å². The molecule has 0 saturated carbocycles. The second-order valence-corrected chi connectivity index (χ2v) is 5.30. The molecule has 0 bridgehead atoms. The molecule has 21 heavy (non-hydrogen) atoms. The number of nitrogens with one attached hydrogen (secondary N) is 2. The third-order valence-corrected chi connectivity index (χ3v) is 3.59. The average molecular weight is 293 g/mol. The summed E-state index contributed by atoms with van der Waals surface area (Å²) in [4.78, 5) is 24.1. The van der Waals surface area contributed by atoms with Crippen LogP contribution in [0.5, 0.6) is 0 Å². The Balaban J connectivity index is 1.97. The number of anilines is 2. The molecule has 1 saturated heterocycles. The molecule has 1 aromatic rings. The average Bonchev–Trinajstić information content (AvgIpc) is 2.42. The molecule has 6 heteroatoms. The summed E-state index contributed by atoms with van der Waals surface area (Å²) in [5.74, 6) is -0.661. The Labute approximate surface area is 123 Å². The molecule has 1 aliphatic heterocycles. The molecule has 114 valence electrons. The largest absolute Gasteiger partial charge is 0.382 e. The number of carbonyl (C=O) groups excluding carboxylic acids is 2. The Morgan fingerprint density at radius 1 is 1.24 bits per heavy atom. The highest BCUT2D eigenvalue weighted by Crippen LogP contribution is 2.22. The fourth-order valence-corrected chi connectivity index (χ4v) is 2.47. The van der Waals surface area contributed by atoms with E-state index >= 15 is 0 Å². The fraction of sp³-hybridized carbons (Fsp3) is 0.467. The smallest absolute Gasteiger partial charge is 0.221 e. The van der Waals surface area contributed by atoms with Gasteiger partial charge in [0.15, 0.2) is 0 Å². The number of rotatable bonds is 3. The van der Waals surface area contributed by atoms with E-state index in [4.69, 9.17) is 0 Å². The lowest BCUT2D eigenvalue weighted by atomic mass is 10.0. The van der Waals surface area contributed by atoms with E-state index in [1.165, 1.54) is 13.0 Å². The van der Waals surface area contributed by atoms with Gasteiger partial charge < -0.3 is 15.5 Å². The van der Waals surface area contributed by atoms with E-state index < -0.39 is 5.82 Å². The van der Waals surface area contributed by atoms with Gasteiger partial charge in [-0.2, -0.15) is 0 Å². The Morgan fingerprint density at radius 2 is 1.90 bits per heavy atom. The normalized spacial score (nSPS) is 15.7. The van der Waals surface area contributed by atoms with Gasteiger partial charge in [-0.05, 0) is 31.0 Å². The highest BCUT2D eigenvalue weighted by atomic mass is 19.1. The molecule has 2 amide bonds.